The first-order valence-electron chi connectivity index (χ1n) is 6.10. The van der Waals surface area contributed by atoms with E-state index in [1.165, 1.54) is 6.07 Å². The second-order valence-corrected chi connectivity index (χ2v) is 4.64. The third-order valence-corrected chi connectivity index (χ3v) is 3.33. The van der Waals surface area contributed by atoms with Gasteiger partial charge in [0.1, 0.15) is 5.75 Å². The zero-order valence-electron chi connectivity index (χ0n) is 10.6. The molecule has 1 aromatic carbocycles. The normalized spacial score (nSPS) is 11.0. The van der Waals surface area contributed by atoms with Crippen LogP contribution >= 0.6 is 0 Å². The van der Waals surface area contributed by atoms with Crippen molar-refractivity contribution in [3.05, 3.63) is 64.2 Å². The summed E-state index contributed by atoms with van der Waals surface area (Å²) in [5, 5.41) is 10.5. The van der Waals surface area contributed by atoms with E-state index in [0.717, 1.165) is 22.2 Å². The molecule has 0 aliphatic heterocycles. The Morgan fingerprint density at radius 3 is 2.89 bits per heavy atom. The van der Waals surface area contributed by atoms with Gasteiger partial charge < -0.3 is 14.7 Å². The van der Waals surface area contributed by atoms with Gasteiger partial charge in [-0.15, -0.1) is 0 Å². The fraction of sp³-hybridized carbons (Fsp3) is 0.133. The van der Waals surface area contributed by atoms with Crippen molar-refractivity contribution in [2.45, 2.75) is 13.5 Å². The number of aryl methyl sites for hydroxylation is 1. The molecule has 4 heteroatoms. The maximum absolute atomic E-state index is 11.9. The molecule has 0 atom stereocenters. The minimum Gasteiger partial charge on any atom is -0.508 e. The van der Waals surface area contributed by atoms with E-state index in [1.54, 1.807) is 10.6 Å². The van der Waals surface area contributed by atoms with Crippen molar-refractivity contribution in [1.29, 1.82) is 0 Å². The van der Waals surface area contributed by atoms with Crippen LogP contribution in [0.25, 0.3) is 10.9 Å². The van der Waals surface area contributed by atoms with Crippen LogP contribution < -0.4 is 5.56 Å². The van der Waals surface area contributed by atoms with E-state index < -0.39 is 0 Å². The fourth-order valence-corrected chi connectivity index (χ4v) is 2.37. The molecular formula is C15H14N2O2. The van der Waals surface area contributed by atoms with Gasteiger partial charge in [0.15, 0.2) is 0 Å². The van der Waals surface area contributed by atoms with Crippen molar-refractivity contribution in [1.82, 2.24) is 9.55 Å². The lowest BCUT2D eigenvalue weighted by Crippen LogP contribution is -2.21. The van der Waals surface area contributed by atoms with Gasteiger partial charge in [0.2, 0.25) is 0 Å². The number of hydrogen-bond acceptors (Lipinski definition) is 2. The lowest BCUT2D eigenvalue weighted by molar-refractivity contribution is 0.470. The van der Waals surface area contributed by atoms with Gasteiger partial charge in [0, 0.05) is 28.9 Å². The maximum Gasteiger partial charge on any atom is 0.254 e. The SMILES string of the molecule is Cc1cc(O)cc(=O)n1Cc1cccc2[nH]ccc12. The zero-order valence-corrected chi connectivity index (χ0v) is 10.6. The van der Waals surface area contributed by atoms with Crippen LogP contribution in [0.1, 0.15) is 11.3 Å². The second kappa shape index (κ2) is 4.31. The predicted molar refractivity (Wildman–Crippen MR) is 74.5 cm³/mol. The molecule has 2 heterocycles. The molecule has 0 bridgehead atoms. The van der Waals surface area contributed by atoms with Crippen molar-refractivity contribution in [3.8, 4) is 5.75 Å². The summed E-state index contributed by atoms with van der Waals surface area (Å²) in [5.74, 6) is 0.0126. The quantitative estimate of drug-likeness (QED) is 0.737. The lowest BCUT2D eigenvalue weighted by atomic mass is 10.1. The molecule has 0 saturated heterocycles. The predicted octanol–water partition coefficient (Wildman–Crippen LogP) is 2.39. The number of aromatic hydroxyl groups is 1. The molecule has 4 nitrogen and oxygen atoms in total. The number of fused-ring (bicyclic) bond motifs is 1. The van der Waals surface area contributed by atoms with Crippen LogP contribution in [0.3, 0.4) is 0 Å². The summed E-state index contributed by atoms with van der Waals surface area (Å²) in [7, 11) is 0. The highest BCUT2D eigenvalue weighted by Crippen LogP contribution is 2.19. The molecular weight excluding hydrogens is 240 g/mol. The Bertz CT molecular complexity index is 799. The number of pyridine rings is 1. The number of hydrogen-bond donors (Lipinski definition) is 2. The highest BCUT2D eigenvalue weighted by atomic mass is 16.3. The van der Waals surface area contributed by atoms with Crippen molar-refractivity contribution < 1.29 is 5.11 Å². The standard InChI is InChI=1S/C15H14N2O2/c1-10-7-12(18)8-15(19)17(10)9-11-3-2-4-14-13(11)5-6-16-14/h2-8,16,18H,9H2,1H3. The Balaban J connectivity index is 2.11. The average Bonchev–Trinajstić information content (AvgIpc) is 2.82. The van der Waals surface area contributed by atoms with E-state index in [9.17, 15) is 9.90 Å². The molecule has 3 rings (SSSR count). The molecule has 19 heavy (non-hydrogen) atoms. The van der Waals surface area contributed by atoms with Crippen LogP contribution in [0.4, 0.5) is 0 Å². The number of aromatic nitrogens is 2. The van der Waals surface area contributed by atoms with Crippen molar-refractivity contribution in [3.63, 3.8) is 0 Å². The second-order valence-electron chi connectivity index (χ2n) is 4.64. The fourth-order valence-electron chi connectivity index (χ4n) is 2.37. The summed E-state index contributed by atoms with van der Waals surface area (Å²) in [6.07, 6.45) is 1.89. The van der Waals surface area contributed by atoms with Gasteiger partial charge in [-0.2, -0.15) is 0 Å². The minimum atomic E-state index is -0.190. The summed E-state index contributed by atoms with van der Waals surface area (Å²) in [6, 6.07) is 10.8. The van der Waals surface area contributed by atoms with E-state index in [2.05, 4.69) is 4.98 Å². The van der Waals surface area contributed by atoms with Crippen molar-refractivity contribution >= 4 is 10.9 Å². The monoisotopic (exact) mass is 254 g/mol. The van der Waals surface area contributed by atoms with Gasteiger partial charge >= 0.3 is 0 Å². The van der Waals surface area contributed by atoms with Gasteiger partial charge in [0.05, 0.1) is 6.54 Å². The molecule has 3 aromatic rings. The van der Waals surface area contributed by atoms with Crippen molar-refractivity contribution in [2.75, 3.05) is 0 Å². The average molecular weight is 254 g/mol. The molecule has 0 unspecified atom stereocenters. The molecule has 0 aliphatic rings. The van der Waals surface area contributed by atoms with E-state index in [1.807, 2.05) is 37.4 Å². The first-order valence-corrected chi connectivity index (χ1v) is 6.10. The molecule has 0 aliphatic carbocycles. The topological polar surface area (TPSA) is 58.0 Å². The first-order chi connectivity index (χ1) is 9.15. The van der Waals surface area contributed by atoms with Crippen LogP contribution in [0.2, 0.25) is 0 Å². The van der Waals surface area contributed by atoms with E-state index in [-0.39, 0.29) is 11.3 Å². The highest BCUT2D eigenvalue weighted by Gasteiger charge is 2.06. The number of H-pyrrole nitrogens is 1. The lowest BCUT2D eigenvalue weighted by Gasteiger charge is -2.11. The van der Waals surface area contributed by atoms with Gasteiger partial charge in [-0.05, 0) is 30.7 Å². The molecule has 0 amide bonds. The van der Waals surface area contributed by atoms with Crippen LogP contribution in [0.5, 0.6) is 5.75 Å². The van der Waals surface area contributed by atoms with Gasteiger partial charge in [-0.1, -0.05) is 12.1 Å². The van der Waals surface area contributed by atoms with E-state index in [4.69, 9.17) is 0 Å². The Morgan fingerprint density at radius 1 is 1.26 bits per heavy atom. The molecule has 0 spiro atoms. The third-order valence-electron chi connectivity index (χ3n) is 3.33. The molecule has 2 aromatic heterocycles. The number of rotatable bonds is 2. The maximum atomic E-state index is 11.9. The molecule has 0 saturated carbocycles. The van der Waals surface area contributed by atoms with E-state index >= 15 is 0 Å². The summed E-state index contributed by atoms with van der Waals surface area (Å²) >= 11 is 0. The largest absolute Gasteiger partial charge is 0.508 e. The highest BCUT2D eigenvalue weighted by molar-refractivity contribution is 5.82. The van der Waals surface area contributed by atoms with E-state index in [0.29, 0.717) is 6.54 Å². The number of benzene rings is 1. The molecule has 96 valence electrons. The van der Waals surface area contributed by atoms with Crippen LogP contribution in [0.15, 0.2) is 47.4 Å². The Hall–Kier alpha value is -2.49. The molecule has 0 fully saturated rings. The summed E-state index contributed by atoms with van der Waals surface area (Å²) in [6.45, 7) is 2.32. The Morgan fingerprint density at radius 2 is 2.11 bits per heavy atom. The van der Waals surface area contributed by atoms with Gasteiger partial charge in [-0.3, -0.25) is 4.79 Å². The molecule has 0 radical (unpaired) electrons. The number of nitrogens with zero attached hydrogens (tertiary/aromatic N) is 1. The summed E-state index contributed by atoms with van der Waals surface area (Å²) < 4.78 is 1.65. The Kier molecular flexibility index (Phi) is 2.63. The molecule has 2 N–H and O–H groups in total. The van der Waals surface area contributed by atoms with Crippen molar-refractivity contribution in [2.24, 2.45) is 0 Å². The smallest absolute Gasteiger partial charge is 0.254 e. The van der Waals surface area contributed by atoms with Crippen LogP contribution in [-0.2, 0) is 6.54 Å². The number of nitrogens with one attached hydrogen (secondary N) is 1. The zero-order chi connectivity index (χ0) is 13.4. The third kappa shape index (κ3) is 2.01. The number of aromatic amines is 1. The van der Waals surface area contributed by atoms with Crippen LogP contribution in [-0.4, -0.2) is 14.7 Å². The minimum absolute atomic E-state index is 0.0126. The summed E-state index contributed by atoms with van der Waals surface area (Å²) in [4.78, 5) is 15.1. The summed E-state index contributed by atoms with van der Waals surface area (Å²) in [5.41, 5.74) is 2.69. The Labute approximate surface area is 109 Å². The van der Waals surface area contributed by atoms with Gasteiger partial charge in [-0.25, -0.2) is 0 Å². The first kappa shape index (κ1) is 11.6. The van der Waals surface area contributed by atoms with Gasteiger partial charge in [0.25, 0.3) is 5.56 Å². The van der Waals surface area contributed by atoms with Crippen LogP contribution in [0, 0.1) is 6.92 Å².